The maximum absolute atomic E-state index is 12.7. The van der Waals surface area contributed by atoms with Gasteiger partial charge in [0, 0.05) is 24.1 Å². The Morgan fingerprint density at radius 2 is 1.92 bits per heavy atom. The van der Waals surface area contributed by atoms with Crippen LogP contribution in [0, 0.1) is 5.41 Å². The molecule has 3 unspecified atom stereocenters. The Bertz CT molecular complexity index is 644. The molecule has 1 aromatic rings. The van der Waals surface area contributed by atoms with Crippen molar-refractivity contribution in [1.29, 1.82) is 0 Å². The van der Waals surface area contributed by atoms with Crippen LogP contribution in [0.25, 0.3) is 0 Å². The molecule has 1 aromatic carbocycles. The summed E-state index contributed by atoms with van der Waals surface area (Å²) in [5.41, 5.74) is 11.6. The maximum atomic E-state index is 12.7. The molecule has 0 aromatic heterocycles. The summed E-state index contributed by atoms with van der Waals surface area (Å²) in [7, 11) is 0. The molecular weight excluding hydrogens is 320 g/mol. The Morgan fingerprint density at radius 3 is 2.40 bits per heavy atom. The first-order valence-corrected chi connectivity index (χ1v) is 8.49. The second kappa shape index (κ2) is 7.01. The normalized spacial score (nSPS) is 25.6. The number of benzene rings is 1. The molecule has 0 radical (unpaired) electrons. The van der Waals surface area contributed by atoms with Crippen LogP contribution in [0.3, 0.4) is 0 Å². The standard InChI is InChI=1S/C18H28N4O3/c1-5-25-14-10-18(20,17(14,3)4)15(23)21-11(2)12-6-8-13(9-7-12)22-16(19)24/h6-9,11,14H,5,10,20H2,1-4H3,(H,21,23)(H3,19,22,24). The van der Waals surface area contributed by atoms with Gasteiger partial charge in [0.1, 0.15) is 5.54 Å². The first-order chi connectivity index (χ1) is 11.6. The van der Waals surface area contributed by atoms with Gasteiger partial charge in [0.2, 0.25) is 5.91 Å². The topological polar surface area (TPSA) is 119 Å². The van der Waals surface area contributed by atoms with Crippen LogP contribution in [0.2, 0.25) is 0 Å². The van der Waals surface area contributed by atoms with Crippen LogP contribution in [0.15, 0.2) is 24.3 Å². The van der Waals surface area contributed by atoms with Crippen molar-refractivity contribution in [1.82, 2.24) is 5.32 Å². The van der Waals surface area contributed by atoms with E-state index in [1.54, 1.807) is 12.1 Å². The summed E-state index contributed by atoms with van der Waals surface area (Å²) in [5.74, 6) is -0.180. The highest BCUT2D eigenvalue weighted by molar-refractivity contribution is 5.89. The summed E-state index contributed by atoms with van der Waals surface area (Å²) in [6.07, 6.45) is 0.496. The van der Waals surface area contributed by atoms with E-state index >= 15 is 0 Å². The van der Waals surface area contributed by atoms with Crippen LogP contribution in [0.1, 0.15) is 45.7 Å². The number of nitrogens with two attached hydrogens (primary N) is 2. The fourth-order valence-corrected chi connectivity index (χ4v) is 3.23. The summed E-state index contributed by atoms with van der Waals surface area (Å²) in [4.78, 5) is 23.6. The molecule has 2 rings (SSSR count). The highest BCUT2D eigenvalue weighted by Crippen LogP contribution is 2.50. The van der Waals surface area contributed by atoms with Crippen LogP contribution in [0.4, 0.5) is 10.5 Å². The fraction of sp³-hybridized carbons (Fsp3) is 0.556. The summed E-state index contributed by atoms with van der Waals surface area (Å²) in [6.45, 7) is 8.36. The van der Waals surface area contributed by atoms with E-state index in [1.165, 1.54) is 0 Å². The highest BCUT2D eigenvalue weighted by atomic mass is 16.5. The lowest BCUT2D eigenvalue weighted by molar-refractivity contribution is -0.171. The van der Waals surface area contributed by atoms with E-state index < -0.39 is 17.0 Å². The van der Waals surface area contributed by atoms with E-state index in [1.807, 2.05) is 39.8 Å². The maximum Gasteiger partial charge on any atom is 0.316 e. The number of primary amides is 1. The lowest BCUT2D eigenvalue weighted by atomic mass is 9.54. The largest absolute Gasteiger partial charge is 0.378 e. The molecule has 3 atom stereocenters. The summed E-state index contributed by atoms with van der Waals surface area (Å²) < 4.78 is 5.67. The predicted molar refractivity (Wildman–Crippen MR) is 96.9 cm³/mol. The van der Waals surface area contributed by atoms with Gasteiger partial charge >= 0.3 is 6.03 Å². The summed E-state index contributed by atoms with van der Waals surface area (Å²) in [6, 6.07) is 6.30. The van der Waals surface area contributed by atoms with Gasteiger partial charge in [-0.05, 0) is 31.5 Å². The number of ether oxygens (including phenoxy) is 1. The molecule has 1 fully saturated rings. The third-order valence-corrected chi connectivity index (χ3v) is 5.26. The molecule has 0 saturated heterocycles. The monoisotopic (exact) mass is 348 g/mol. The van der Waals surface area contributed by atoms with Gasteiger partial charge in [0.15, 0.2) is 0 Å². The minimum atomic E-state index is -0.950. The molecule has 1 aliphatic rings. The van der Waals surface area contributed by atoms with Crippen molar-refractivity contribution in [2.75, 3.05) is 11.9 Å². The number of urea groups is 1. The van der Waals surface area contributed by atoms with Gasteiger partial charge in [-0.2, -0.15) is 0 Å². The van der Waals surface area contributed by atoms with Crippen molar-refractivity contribution in [2.45, 2.75) is 51.8 Å². The SMILES string of the molecule is CCOC1CC(N)(C(=O)NC(C)c2ccc(NC(N)=O)cc2)C1(C)C. The van der Waals surface area contributed by atoms with Crippen LogP contribution in [-0.4, -0.2) is 30.2 Å². The molecule has 25 heavy (non-hydrogen) atoms. The number of anilines is 1. The Kier molecular flexibility index (Phi) is 5.39. The number of carbonyl (C=O) groups excluding carboxylic acids is 2. The average Bonchev–Trinajstić information content (AvgIpc) is 2.54. The number of rotatable bonds is 6. The van der Waals surface area contributed by atoms with Gasteiger partial charge in [-0.3, -0.25) is 4.79 Å². The Labute approximate surface area is 148 Å². The molecule has 3 amide bonds. The van der Waals surface area contributed by atoms with Crippen LogP contribution >= 0.6 is 0 Å². The zero-order chi connectivity index (χ0) is 18.8. The zero-order valence-corrected chi connectivity index (χ0v) is 15.3. The minimum Gasteiger partial charge on any atom is -0.378 e. The molecule has 1 aliphatic carbocycles. The second-order valence-electron chi connectivity index (χ2n) is 7.15. The number of nitrogens with one attached hydrogen (secondary N) is 2. The molecule has 0 bridgehead atoms. The van der Waals surface area contributed by atoms with E-state index in [4.69, 9.17) is 16.2 Å². The molecule has 1 saturated carbocycles. The lowest BCUT2D eigenvalue weighted by Crippen LogP contribution is -2.75. The number of carbonyl (C=O) groups is 2. The molecule has 138 valence electrons. The average molecular weight is 348 g/mol. The first kappa shape index (κ1) is 19.2. The second-order valence-corrected chi connectivity index (χ2v) is 7.15. The van der Waals surface area contributed by atoms with Crippen molar-refractivity contribution in [2.24, 2.45) is 16.9 Å². The van der Waals surface area contributed by atoms with Crippen LogP contribution < -0.4 is 22.1 Å². The highest BCUT2D eigenvalue weighted by Gasteiger charge is 2.62. The van der Waals surface area contributed by atoms with E-state index in [9.17, 15) is 9.59 Å². The zero-order valence-electron chi connectivity index (χ0n) is 15.3. The van der Waals surface area contributed by atoms with E-state index in [-0.39, 0.29) is 18.1 Å². The number of amides is 3. The first-order valence-electron chi connectivity index (χ1n) is 8.49. The van der Waals surface area contributed by atoms with Crippen molar-refractivity contribution in [3.05, 3.63) is 29.8 Å². The van der Waals surface area contributed by atoms with Crippen LogP contribution in [0.5, 0.6) is 0 Å². The van der Waals surface area contributed by atoms with E-state index in [0.717, 1.165) is 5.56 Å². The molecular formula is C18H28N4O3. The molecule has 0 spiro atoms. The van der Waals surface area contributed by atoms with E-state index in [0.29, 0.717) is 18.7 Å². The van der Waals surface area contributed by atoms with Gasteiger partial charge in [0.25, 0.3) is 0 Å². The van der Waals surface area contributed by atoms with Gasteiger partial charge in [-0.15, -0.1) is 0 Å². The quantitative estimate of drug-likeness (QED) is 0.627. The summed E-state index contributed by atoms with van der Waals surface area (Å²) in [5, 5.41) is 5.48. The van der Waals surface area contributed by atoms with Crippen molar-refractivity contribution < 1.29 is 14.3 Å². The molecule has 0 aliphatic heterocycles. The molecule has 6 N–H and O–H groups in total. The molecule has 0 heterocycles. The molecule has 7 heteroatoms. The lowest BCUT2D eigenvalue weighted by Gasteiger charge is -2.57. The Hall–Kier alpha value is -2.12. The van der Waals surface area contributed by atoms with Gasteiger partial charge < -0.3 is 26.8 Å². The number of hydrogen-bond donors (Lipinski definition) is 4. The molecule has 7 nitrogen and oxygen atoms in total. The fourth-order valence-electron chi connectivity index (χ4n) is 3.23. The summed E-state index contributed by atoms with van der Waals surface area (Å²) >= 11 is 0. The van der Waals surface area contributed by atoms with Gasteiger partial charge in [0.05, 0.1) is 12.1 Å². The minimum absolute atomic E-state index is 0.0114. The van der Waals surface area contributed by atoms with Crippen molar-refractivity contribution >= 4 is 17.6 Å². The van der Waals surface area contributed by atoms with E-state index in [2.05, 4.69) is 10.6 Å². The Morgan fingerprint density at radius 1 is 1.32 bits per heavy atom. The third-order valence-electron chi connectivity index (χ3n) is 5.26. The predicted octanol–water partition coefficient (Wildman–Crippen LogP) is 1.89. The smallest absolute Gasteiger partial charge is 0.316 e. The van der Waals surface area contributed by atoms with Crippen molar-refractivity contribution in [3.63, 3.8) is 0 Å². The van der Waals surface area contributed by atoms with Crippen LogP contribution in [-0.2, 0) is 9.53 Å². The number of hydrogen-bond acceptors (Lipinski definition) is 4. The van der Waals surface area contributed by atoms with Gasteiger partial charge in [-0.1, -0.05) is 26.0 Å². The van der Waals surface area contributed by atoms with Gasteiger partial charge in [-0.25, -0.2) is 4.79 Å². The van der Waals surface area contributed by atoms with Crippen molar-refractivity contribution in [3.8, 4) is 0 Å². The third kappa shape index (κ3) is 3.62. The Balaban J connectivity index is 2.01.